The molecule has 0 radical (unpaired) electrons. The first-order valence-electron chi connectivity index (χ1n) is 9.30. The maximum absolute atomic E-state index is 14.6. The lowest BCUT2D eigenvalue weighted by molar-refractivity contribution is -0.160. The van der Waals surface area contributed by atoms with Crippen LogP contribution in [0, 0.1) is 17.3 Å². The zero-order chi connectivity index (χ0) is 21.6. The fraction of sp³-hybridized carbons (Fsp3) is 0.778. The van der Waals surface area contributed by atoms with Crippen molar-refractivity contribution < 1.29 is 40.6 Å². The Balaban J connectivity index is 1.82. The first-order chi connectivity index (χ1) is 13.1. The van der Waals surface area contributed by atoms with Crippen LogP contribution in [-0.4, -0.2) is 32.7 Å². The molecular formula is C18H19F7N2O2. The third kappa shape index (κ3) is 3.20. The van der Waals surface area contributed by atoms with E-state index in [1.54, 1.807) is 0 Å². The van der Waals surface area contributed by atoms with E-state index in [0.717, 1.165) is 0 Å². The van der Waals surface area contributed by atoms with E-state index in [1.165, 1.54) is 6.92 Å². The zero-order valence-corrected chi connectivity index (χ0v) is 15.4. The minimum absolute atomic E-state index is 0.321. The van der Waals surface area contributed by atoms with Crippen LogP contribution >= 0.6 is 0 Å². The Hall–Kier alpha value is -1.81. The molecule has 4 rings (SSSR count). The molecule has 0 bridgehead atoms. The van der Waals surface area contributed by atoms with Crippen LogP contribution < -0.4 is 0 Å². The number of rotatable bonds is 4. The van der Waals surface area contributed by atoms with E-state index < -0.39 is 89.9 Å². The molecule has 3 aliphatic rings. The second-order valence-corrected chi connectivity index (χ2v) is 9.03. The molecule has 3 fully saturated rings. The van der Waals surface area contributed by atoms with Gasteiger partial charge in [0.2, 0.25) is 5.92 Å². The maximum Gasteiger partial charge on any atom is 0.420 e. The molecule has 1 aromatic heterocycles. The van der Waals surface area contributed by atoms with Crippen LogP contribution in [0.3, 0.4) is 0 Å². The van der Waals surface area contributed by atoms with Crippen LogP contribution in [0.4, 0.5) is 30.7 Å². The number of carboxylic acid groups (broad SMARTS) is 1. The van der Waals surface area contributed by atoms with Crippen LogP contribution in [0.1, 0.15) is 66.7 Å². The summed E-state index contributed by atoms with van der Waals surface area (Å²) in [4.78, 5) is 11.7. The topological polar surface area (TPSA) is 55.1 Å². The number of hydrogen-bond acceptors (Lipinski definition) is 2. The summed E-state index contributed by atoms with van der Waals surface area (Å²) in [6.07, 6.45) is -6.25. The summed E-state index contributed by atoms with van der Waals surface area (Å²) in [5.41, 5.74) is -5.09. The summed E-state index contributed by atoms with van der Waals surface area (Å²) in [5, 5.41) is 13.1. The van der Waals surface area contributed by atoms with E-state index in [0.29, 0.717) is 17.5 Å². The molecule has 1 aromatic rings. The largest absolute Gasteiger partial charge is 0.477 e. The quantitative estimate of drug-likeness (QED) is 0.672. The standard InChI is InChI=1S/C18H19F7N2O2/c1-15(5-16(19,20)6-15)7-27-13(14(28)29)11(18(23,24)25)12(26-27)10-9-3-2-8(9)4-17(10,21)22/h8-10H,2-7H2,1H3,(H,28,29). The smallest absolute Gasteiger partial charge is 0.420 e. The molecule has 4 nitrogen and oxygen atoms in total. The Labute approximate surface area is 161 Å². The van der Waals surface area contributed by atoms with Gasteiger partial charge in [0, 0.05) is 25.8 Å². The summed E-state index contributed by atoms with van der Waals surface area (Å²) in [7, 11) is 0. The molecule has 0 saturated heterocycles. The molecule has 0 amide bonds. The van der Waals surface area contributed by atoms with Gasteiger partial charge in [0.1, 0.15) is 5.56 Å². The first kappa shape index (κ1) is 20.5. The Bertz CT molecular complexity index is 853. The Morgan fingerprint density at radius 2 is 1.83 bits per heavy atom. The average molecular weight is 428 g/mol. The van der Waals surface area contributed by atoms with Gasteiger partial charge in [0.25, 0.3) is 5.92 Å². The molecule has 3 unspecified atom stereocenters. The minimum atomic E-state index is -5.22. The van der Waals surface area contributed by atoms with Gasteiger partial charge in [-0.3, -0.25) is 4.68 Å². The third-order valence-electron chi connectivity index (χ3n) is 6.56. The highest BCUT2D eigenvalue weighted by molar-refractivity contribution is 5.88. The van der Waals surface area contributed by atoms with Gasteiger partial charge < -0.3 is 5.11 Å². The van der Waals surface area contributed by atoms with Gasteiger partial charge in [-0.2, -0.15) is 18.3 Å². The molecule has 11 heteroatoms. The van der Waals surface area contributed by atoms with Crippen LogP contribution in [0.25, 0.3) is 0 Å². The lowest BCUT2D eigenvalue weighted by Gasteiger charge is -2.44. The number of hydrogen-bond donors (Lipinski definition) is 1. The summed E-state index contributed by atoms with van der Waals surface area (Å²) < 4.78 is 97.7. The van der Waals surface area contributed by atoms with Crippen molar-refractivity contribution in [3.63, 3.8) is 0 Å². The van der Waals surface area contributed by atoms with Gasteiger partial charge >= 0.3 is 12.1 Å². The fourth-order valence-electron chi connectivity index (χ4n) is 5.46. The molecule has 0 aromatic carbocycles. The molecule has 3 aliphatic carbocycles. The van der Waals surface area contributed by atoms with Crippen molar-refractivity contribution in [3.05, 3.63) is 17.0 Å². The SMILES string of the molecule is CC1(Cn2nc(C3C4CCC4CC3(F)F)c(C(F)(F)F)c2C(=O)O)CC(F)(F)C1. The Kier molecular flexibility index (Phi) is 4.14. The van der Waals surface area contributed by atoms with Crippen molar-refractivity contribution in [2.45, 2.75) is 69.5 Å². The summed E-state index contributed by atoms with van der Waals surface area (Å²) in [6, 6.07) is 0. The third-order valence-corrected chi connectivity index (χ3v) is 6.56. The predicted molar refractivity (Wildman–Crippen MR) is 85.0 cm³/mol. The number of alkyl halides is 7. The number of halogens is 7. The van der Waals surface area contributed by atoms with Crippen LogP contribution in [0.15, 0.2) is 0 Å². The van der Waals surface area contributed by atoms with Crippen molar-refractivity contribution in [2.75, 3.05) is 0 Å². The van der Waals surface area contributed by atoms with E-state index in [1.807, 2.05) is 0 Å². The monoisotopic (exact) mass is 428 g/mol. The summed E-state index contributed by atoms with van der Waals surface area (Å²) in [5.74, 6) is -11.3. The van der Waals surface area contributed by atoms with Gasteiger partial charge in [0.15, 0.2) is 5.69 Å². The van der Waals surface area contributed by atoms with E-state index in [4.69, 9.17) is 0 Å². The van der Waals surface area contributed by atoms with Crippen molar-refractivity contribution >= 4 is 5.97 Å². The number of carbonyl (C=O) groups is 1. The van der Waals surface area contributed by atoms with Crippen molar-refractivity contribution in [1.29, 1.82) is 0 Å². The molecule has 0 aliphatic heterocycles. The van der Waals surface area contributed by atoms with Gasteiger partial charge in [0.05, 0.1) is 11.6 Å². The lowest BCUT2D eigenvalue weighted by Crippen LogP contribution is -2.47. The molecule has 3 atom stereocenters. The van der Waals surface area contributed by atoms with E-state index in [9.17, 15) is 40.6 Å². The van der Waals surface area contributed by atoms with Gasteiger partial charge in [-0.1, -0.05) is 6.92 Å². The molecule has 3 saturated carbocycles. The second-order valence-electron chi connectivity index (χ2n) is 9.03. The fourth-order valence-corrected chi connectivity index (χ4v) is 5.46. The molecule has 29 heavy (non-hydrogen) atoms. The maximum atomic E-state index is 14.6. The predicted octanol–water partition coefficient (Wildman–Crippen LogP) is 5.18. The van der Waals surface area contributed by atoms with Crippen LogP contribution in [-0.2, 0) is 12.7 Å². The van der Waals surface area contributed by atoms with Crippen molar-refractivity contribution in [3.8, 4) is 0 Å². The van der Waals surface area contributed by atoms with Crippen LogP contribution in [0.2, 0.25) is 0 Å². The van der Waals surface area contributed by atoms with E-state index >= 15 is 0 Å². The summed E-state index contributed by atoms with van der Waals surface area (Å²) >= 11 is 0. The van der Waals surface area contributed by atoms with Gasteiger partial charge in [-0.05, 0) is 30.1 Å². The normalized spacial score (nSPS) is 31.7. The van der Waals surface area contributed by atoms with Gasteiger partial charge in [-0.25, -0.2) is 22.4 Å². The zero-order valence-electron chi connectivity index (χ0n) is 15.4. The van der Waals surface area contributed by atoms with E-state index in [2.05, 4.69) is 5.10 Å². The van der Waals surface area contributed by atoms with Crippen LogP contribution in [0.5, 0.6) is 0 Å². The highest BCUT2D eigenvalue weighted by atomic mass is 19.4. The van der Waals surface area contributed by atoms with E-state index in [-0.39, 0.29) is 0 Å². The number of aromatic nitrogens is 2. The van der Waals surface area contributed by atoms with Crippen molar-refractivity contribution in [2.24, 2.45) is 17.3 Å². The first-order valence-corrected chi connectivity index (χ1v) is 9.30. The number of aromatic carboxylic acids is 1. The lowest BCUT2D eigenvalue weighted by atomic mass is 9.67. The van der Waals surface area contributed by atoms with Crippen molar-refractivity contribution in [1.82, 2.24) is 9.78 Å². The highest BCUT2D eigenvalue weighted by Gasteiger charge is 2.62. The molecule has 1 N–H and O–H groups in total. The number of carboxylic acids is 1. The molecule has 1 heterocycles. The van der Waals surface area contributed by atoms with Gasteiger partial charge in [-0.15, -0.1) is 0 Å². The molecule has 162 valence electrons. The highest BCUT2D eigenvalue weighted by Crippen LogP contribution is 2.62. The summed E-state index contributed by atoms with van der Waals surface area (Å²) in [6.45, 7) is 0.872. The molecular weight excluding hydrogens is 409 g/mol. The second kappa shape index (κ2) is 5.87. The Morgan fingerprint density at radius 3 is 2.24 bits per heavy atom. The minimum Gasteiger partial charge on any atom is -0.477 e. The number of fused-ring (bicyclic) bond motifs is 1. The average Bonchev–Trinajstić information content (AvgIpc) is 2.92. The number of nitrogens with zero attached hydrogens (tertiary/aromatic N) is 2. The molecule has 0 spiro atoms. The Morgan fingerprint density at radius 1 is 1.21 bits per heavy atom.